The van der Waals surface area contributed by atoms with E-state index in [1.54, 1.807) is 0 Å². The van der Waals surface area contributed by atoms with Crippen LogP contribution in [0.5, 0.6) is 0 Å². The topological polar surface area (TPSA) is 21.3 Å². The molecule has 2 nitrogen and oxygen atoms in total. The summed E-state index contributed by atoms with van der Waals surface area (Å²) >= 11 is 1.88. The summed E-state index contributed by atoms with van der Waals surface area (Å²) in [5.74, 6) is 1.21. The maximum Gasteiger partial charge on any atom is 0.0554 e. The second-order valence-electron chi connectivity index (χ2n) is 3.47. The Balaban J connectivity index is 1.94. The van der Waals surface area contributed by atoms with Crippen LogP contribution in [-0.4, -0.2) is 38.3 Å². The Morgan fingerprint density at radius 1 is 1.55 bits per heavy atom. The van der Waals surface area contributed by atoms with Gasteiger partial charge in [0.1, 0.15) is 0 Å². The van der Waals surface area contributed by atoms with Crippen molar-refractivity contribution in [2.75, 3.05) is 38.3 Å². The highest BCUT2D eigenvalue weighted by atomic mass is 32.2. The van der Waals surface area contributed by atoms with E-state index >= 15 is 0 Å². The van der Waals surface area contributed by atoms with Crippen molar-refractivity contribution in [3.05, 3.63) is 0 Å². The van der Waals surface area contributed by atoms with E-state index in [9.17, 15) is 0 Å². The Kier molecular flexibility index (Phi) is 3.69. The lowest BCUT2D eigenvalue weighted by molar-refractivity contribution is -0.0987. The SMILES string of the molecule is CSCCNCC1(C)COC1. The molecule has 0 spiro atoms. The van der Waals surface area contributed by atoms with Gasteiger partial charge in [0, 0.05) is 24.3 Å². The fourth-order valence-electron chi connectivity index (χ4n) is 1.12. The summed E-state index contributed by atoms with van der Waals surface area (Å²) in [7, 11) is 0. The number of nitrogens with one attached hydrogen (secondary N) is 1. The lowest BCUT2D eigenvalue weighted by Gasteiger charge is -2.38. The zero-order valence-electron chi connectivity index (χ0n) is 7.35. The Bertz CT molecular complexity index is 115. The van der Waals surface area contributed by atoms with E-state index < -0.39 is 0 Å². The van der Waals surface area contributed by atoms with Gasteiger partial charge in [-0.15, -0.1) is 0 Å². The van der Waals surface area contributed by atoms with Gasteiger partial charge in [-0.25, -0.2) is 0 Å². The molecule has 0 aromatic carbocycles. The zero-order valence-corrected chi connectivity index (χ0v) is 8.17. The lowest BCUT2D eigenvalue weighted by atomic mass is 9.89. The third-order valence-corrected chi connectivity index (χ3v) is 2.55. The molecule has 0 saturated carbocycles. The molecule has 0 aromatic rings. The summed E-state index contributed by atoms with van der Waals surface area (Å²) in [6.45, 7) is 6.35. The summed E-state index contributed by atoms with van der Waals surface area (Å²) in [6.07, 6.45) is 2.13. The van der Waals surface area contributed by atoms with Crippen molar-refractivity contribution in [2.45, 2.75) is 6.92 Å². The van der Waals surface area contributed by atoms with Gasteiger partial charge in [0.05, 0.1) is 13.2 Å². The minimum absolute atomic E-state index is 0.429. The van der Waals surface area contributed by atoms with Gasteiger partial charge in [0.2, 0.25) is 0 Å². The van der Waals surface area contributed by atoms with Gasteiger partial charge in [-0.1, -0.05) is 6.92 Å². The van der Waals surface area contributed by atoms with Crippen LogP contribution in [0.2, 0.25) is 0 Å². The first-order chi connectivity index (χ1) is 5.27. The third-order valence-electron chi connectivity index (χ3n) is 1.94. The summed E-state index contributed by atoms with van der Waals surface area (Å²) in [4.78, 5) is 0. The molecule has 3 heteroatoms. The predicted molar refractivity (Wildman–Crippen MR) is 50.2 cm³/mol. The molecule has 0 aromatic heterocycles. The first kappa shape index (κ1) is 9.36. The van der Waals surface area contributed by atoms with Crippen molar-refractivity contribution in [1.82, 2.24) is 5.32 Å². The average molecular weight is 175 g/mol. The normalized spacial score (nSPS) is 21.3. The molecule has 1 N–H and O–H groups in total. The highest BCUT2D eigenvalue weighted by molar-refractivity contribution is 7.98. The third kappa shape index (κ3) is 3.01. The Morgan fingerprint density at radius 2 is 2.27 bits per heavy atom. The second kappa shape index (κ2) is 4.33. The second-order valence-corrected chi connectivity index (χ2v) is 4.46. The fraction of sp³-hybridized carbons (Fsp3) is 1.00. The van der Waals surface area contributed by atoms with E-state index in [2.05, 4.69) is 18.5 Å². The van der Waals surface area contributed by atoms with Gasteiger partial charge < -0.3 is 10.1 Å². The van der Waals surface area contributed by atoms with E-state index in [1.165, 1.54) is 5.75 Å². The highest BCUT2D eigenvalue weighted by Crippen LogP contribution is 2.24. The van der Waals surface area contributed by atoms with Crippen molar-refractivity contribution >= 4 is 11.8 Å². The summed E-state index contributed by atoms with van der Waals surface area (Å²) in [6, 6.07) is 0. The quantitative estimate of drug-likeness (QED) is 0.629. The lowest BCUT2D eigenvalue weighted by Crippen LogP contribution is -2.47. The van der Waals surface area contributed by atoms with Gasteiger partial charge in [-0.2, -0.15) is 11.8 Å². The van der Waals surface area contributed by atoms with E-state index in [4.69, 9.17) is 4.74 Å². The smallest absolute Gasteiger partial charge is 0.0554 e. The van der Waals surface area contributed by atoms with E-state index in [0.717, 1.165) is 26.3 Å². The van der Waals surface area contributed by atoms with Crippen molar-refractivity contribution in [2.24, 2.45) is 5.41 Å². The number of ether oxygens (including phenoxy) is 1. The minimum atomic E-state index is 0.429. The molecule has 11 heavy (non-hydrogen) atoms. The van der Waals surface area contributed by atoms with Crippen LogP contribution >= 0.6 is 11.8 Å². The van der Waals surface area contributed by atoms with E-state index in [1.807, 2.05) is 11.8 Å². The predicted octanol–water partition coefficient (Wildman–Crippen LogP) is 0.976. The van der Waals surface area contributed by atoms with Crippen molar-refractivity contribution in [1.29, 1.82) is 0 Å². The van der Waals surface area contributed by atoms with Crippen LogP contribution in [0.25, 0.3) is 0 Å². The molecule has 1 aliphatic heterocycles. The van der Waals surface area contributed by atoms with E-state index in [0.29, 0.717) is 5.41 Å². The molecule has 0 radical (unpaired) electrons. The van der Waals surface area contributed by atoms with Crippen LogP contribution in [0.4, 0.5) is 0 Å². The van der Waals surface area contributed by atoms with Crippen LogP contribution in [0.15, 0.2) is 0 Å². The number of hydrogen-bond acceptors (Lipinski definition) is 3. The van der Waals surface area contributed by atoms with Crippen LogP contribution < -0.4 is 5.32 Å². The molecule has 1 heterocycles. The fourth-order valence-corrected chi connectivity index (χ4v) is 1.47. The van der Waals surface area contributed by atoms with E-state index in [-0.39, 0.29) is 0 Å². The molecule has 1 fully saturated rings. The molecule has 66 valence electrons. The molecule has 0 bridgehead atoms. The molecule has 0 unspecified atom stereocenters. The summed E-state index contributed by atoms with van der Waals surface area (Å²) < 4.78 is 5.15. The van der Waals surface area contributed by atoms with Gasteiger partial charge in [-0.3, -0.25) is 0 Å². The number of hydrogen-bond donors (Lipinski definition) is 1. The average Bonchev–Trinajstić information content (AvgIpc) is 1.95. The van der Waals surface area contributed by atoms with Gasteiger partial charge in [0.25, 0.3) is 0 Å². The standard InChI is InChI=1S/C8H17NOS/c1-8(6-10-7-8)5-9-3-4-11-2/h9H,3-7H2,1-2H3. The van der Waals surface area contributed by atoms with Crippen molar-refractivity contribution in [3.63, 3.8) is 0 Å². The summed E-state index contributed by atoms with van der Waals surface area (Å²) in [5, 5.41) is 3.43. The molecular formula is C8H17NOS. The number of rotatable bonds is 5. The van der Waals surface area contributed by atoms with Gasteiger partial charge in [0.15, 0.2) is 0 Å². The van der Waals surface area contributed by atoms with Crippen LogP contribution in [-0.2, 0) is 4.74 Å². The molecule has 0 atom stereocenters. The zero-order chi connectivity index (χ0) is 8.16. The molecule has 0 aliphatic carbocycles. The van der Waals surface area contributed by atoms with Crippen LogP contribution in [0.3, 0.4) is 0 Å². The van der Waals surface area contributed by atoms with Crippen LogP contribution in [0.1, 0.15) is 6.92 Å². The Morgan fingerprint density at radius 3 is 2.73 bits per heavy atom. The first-order valence-corrected chi connectivity index (χ1v) is 5.44. The highest BCUT2D eigenvalue weighted by Gasteiger charge is 2.32. The Labute approximate surface area is 73.1 Å². The first-order valence-electron chi connectivity index (χ1n) is 4.04. The van der Waals surface area contributed by atoms with Crippen molar-refractivity contribution in [3.8, 4) is 0 Å². The van der Waals surface area contributed by atoms with Gasteiger partial charge >= 0.3 is 0 Å². The summed E-state index contributed by atoms with van der Waals surface area (Å²) in [5.41, 5.74) is 0.429. The monoisotopic (exact) mass is 175 g/mol. The molecular weight excluding hydrogens is 158 g/mol. The minimum Gasteiger partial charge on any atom is -0.380 e. The Hall–Kier alpha value is 0.270. The number of thioether (sulfide) groups is 1. The van der Waals surface area contributed by atoms with Crippen LogP contribution in [0, 0.1) is 5.41 Å². The molecule has 0 amide bonds. The van der Waals surface area contributed by atoms with Gasteiger partial charge in [-0.05, 0) is 6.26 Å². The maximum atomic E-state index is 5.15. The maximum absolute atomic E-state index is 5.15. The molecule has 1 saturated heterocycles. The largest absolute Gasteiger partial charge is 0.380 e. The molecule has 1 aliphatic rings. The van der Waals surface area contributed by atoms with Crippen molar-refractivity contribution < 1.29 is 4.74 Å². The molecule has 1 rings (SSSR count).